The van der Waals surface area contributed by atoms with E-state index in [0.717, 1.165) is 0 Å². The van der Waals surface area contributed by atoms with Gasteiger partial charge in [0.2, 0.25) is 6.41 Å². The van der Waals surface area contributed by atoms with Gasteiger partial charge in [-0.2, -0.15) is 0 Å². The van der Waals surface area contributed by atoms with Gasteiger partial charge < -0.3 is 10.0 Å². The van der Waals surface area contributed by atoms with E-state index in [1.807, 2.05) is 0 Å². The minimum atomic E-state index is -0.822. The molecular weight excluding hydrogens is 146 g/mol. The van der Waals surface area contributed by atoms with Gasteiger partial charge in [-0.05, 0) is 5.92 Å². The molecule has 1 amide bonds. The third-order valence-corrected chi connectivity index (χ3v) is 1.30. The van der Waals surface area contributed by atoms with Crippen molar-refractivity contribution in [2.45, 2.75) is 13.3 Å². The van der Waals surface area contributed by atoms with Gasteiger partial charge in [0.25, 0.3) is 0 Å². The lowest BCUT2D eigenvalue weighted by Gasteiger charge is -2.14. The molecule has 0 aromatic rings. The van der Waals surface area contributed by atoms with E-state index in [9.17, 15) is 9.59 Å². The standard InChI is InChI=1S/C7H13NO3/c1-6(3-7(10)11)4-8(2)5-9/h5-6H,3-4H2,1-2H3,(H,10,11). The van der Waals surface area contributed by atoms with Gasteiger partial charge in [-0.1, -0.05) is 6.92 Å². The van der Waals surface area contributed by atoms with Crippen molar-refractivity contribution < 1.29 is 14.7 Å². The van der Waals surface area contributed by atoms with Crippen molar-refractivity contribution in [1.82, 2.24) is 4.90 Å². The van der Waals surface area contributed by atoms with Gasteiger partial charge >= 0.3 is 5.97 Å². The van der Waals surface area contributed by atoms with E-state index in [2.05, 4.69) is 0 Å². The number of carboxylic acids is 1. The third-order valence-electron chi connectivity index (χ3n) is 1.30. The van der Waals surface area contributed by atoms with Crippen LogP contribution in [0.1, 0.15) is 13.3 Å². The van der Waals surface area contributed by atoms with Crippen LogP contribution in [-0.4, -0.2) is 36.0 Å². The average Bonchev–Trinajstić information content (AvgIpc) is 1.85. The molecule has 0 heterocycles. The van der Waals surface area contributed by atoms with Crippen LogP contribution in [0.2, 0.25) is 0 Å². The number of hydrogen-bond donors (Lipinski definition) is 1. The van der Waals surface area contributed by atoms with Crippen LogP contribution in [0.25, 0.3) is 0 Å². The molecule has 0 spiro atoms. The topological polar surface area (TPSA) is 57.6 Å². The molecule has 0 aromatic heterocycles. The number of rotatable bonds is 5. The summed E-state index contributed by atoms with van der Waals surface area (Å²) in [7, 11) is 1.63. The number of nitrogens with zero attached hydrogens (tertiary/aromatic N) is 1. The highest BCUT2D eigenvalue weighted by Gasteiger charge is 2.08. The Bertz CT molecular complexity index is 147. The van der Waals surface area contributed by atoms with Gasteiger partial charge in [-0.3, -0.25) is 9.59 Å². The van der Waals surface area contributed by atoms with E-state index in [1.165, 1.54) is 4.90 Å². The molecule has 0 fully saturated rings. The van der Waals surface area contributed by atoms with Gasteiger partial charge in [-0.15, -0.1) is 0 Å². The molecule has 0 rings (SSSR count). The summed E-state index contributed by atoms with van der Waals surface area (Å²) in [6.45, 7) is 2.30. The fourth-order valence-electron chi connectivity index (χ4n) is 0.897. The molecule has 0 bridgehead atoms. The van der Waals surface area contributed by atoms with Crippen molar-refractivity contribution in [3.05, 3.63) is 0 Å². The Balaban J connectivity index is 3.59. The van der Waals surface area contributed by atoms with Crippen LogP contribution in [0.4, 0.5) is 0 Å². The second-order valence-corrected chi connectivity index (χ2v) is 2.75. The summed E-state index contributed by atoms with van der Waals surface area (Å²) in [5.74, 6) is -0.806. The Hall–Kier alpha value is -1.06. The minimum Gasteiger partial charge on any atom is -0.481 e. The minimum absolute atomic E-state index is 0.0164. The first kappa shape index (κ1) is 9.94. The third kappa shape index (κ3) is 5.39. The van der Waals surface area contributed by atoms with E-state index in [1.54, 1.807) is 14.0 Å². The molecule has 4 heteroatoms. The quantitative estimate of drug-likeness (QED) is 0.582. The van der Waals surface area contributed by atoms with E-state index < -0.39 is 5.97 Å². The summed E-state index contributed by atoms with van der Waals surface area (Å²) >= 11 is 0. The Morgan fingerprint density at radius 1 is 1.73 bits per heavy atom. The maximum absolute atomic E-state index is 10.2. The van der Waals surface area contributed by atoms with Crippen LogP contribution in [0.5, 0.6) is 0 Å². The summed E-state index contributed by atoms with van der Waals surface area (Å²) in [5.41, 5.74) is 0. The van der Waals surface area contributed by atoms with Crippen molar-refractivity contribution in [2.75, 3.05) is 13.6 Å². The average molecular weight is 159 g/mol. The molecule has 0 saturated heterocycles. The van der Waals surface area contributed by atoms with Gasteiger partial charge in [0.15, 0.2) is 0 Å². The van der Waals surface area contributed by atoms with Gasteiger partial charge in [0.1, 0.15) is 0 Å². The van der Waals surface area contributed by atoms with Crippen LogP contribution in [0.15, 0.2) is 0 Å². The second-order valence-electron chi connectivity index (χ2n) is 2.75. The fourth-order valence-corrected chi connectivity index (χ4v) is 0.897. The van der Waals surface area contributed by atoms with Crippen LogP contribution in [0, 0.1) is 5.92 Å². The highest BCUT2D eigenvalue weighted by atomic mass is 16.4. The van der Waals surface area contributed by atoms with Crippen LogP contribution in [0.3, 0.4) is 0 Å². The molecule has 0 aliphatic rings. The molecule has 64 valence electrons. The zero-order valence-electron chi connectivity index (χ0n) is 6.78. The molecule has 11 heavy (non-hydrogen) atoms. The van der Waals surface area contributed by atoms with Crippen molar-refractivity contribution in [1.29, 1.82) is 0 Å². The molecular formula is C7H13NO3. The number of carbonyl (C=O) groups excluding carboxylic acids is 1. The molecule has 0 aromatic carbocycles. The monoisotopic (exact) mass is 159 g/mol. The Kier molecular flexibility index (Phi) is 4.26. The predicted octanol–water partition coefficient (Wildman–Crippen LogP) is 0.185. The van der Waals surface area contributed by atoms with E-state index >= 15 is 0 Å². The summed E-state index contributed by atoms with van der Waals surface area (Å²) in [6, 6.07) is 0. The molecule has 0 radical (unpaired) electrons. The molecule has 1 N–H and O–H groups in total. The normalized spacial score (nSPS) is 12.2. The first-order valence-corrected chi connectivity index (χ1v) is 3.43. The van der Waals surface area contributed by atoms with Crippen molar-refractivity contribution in [3.63, 3.8) is 0 Å². The highest BCUT2D eigenvalue weighted by Crippen LogP contribution is 2.01. The predicted molar refractivity (Wildman–Crippen MR) is 40.1 cm³/mol. The molecule has 4 nitrogen and oxygen atoms in total. The van der Waals surface area contributed by atoms with Gasteiger partial charge in [0.05, 0.1) is 0 Å². The lowest BCUT2D eigenvalue weighted by atomic mass is 10.1. The van der Waals surface area contributed by atoms with Crippen molar-refractivity contribution in [3.8, 4) is 0 Å². The van der Waals surface area contributed by atoms with E-state index in [-0.39, 0.29) is 12.3 Å². The SMILES string of the molecule is CC(CC(=O)O)CN(C)C=O. The lowest BCUT2D eigenvalue weighted by Crippen LogP contribution is -2.24. The first-order valence-electron chi connectivity index (χ1n) is 3.43. The number of aliphatic carboxylic acids is 1. The maximum Gasteiger partial charge on any atom is 0.303 e. The lowest BCUT2D eigenvalue weighted by molar-refractivity contribution is -0.138. The fraction of sp³-hybridized carbons (Fsp3) is 0.714. The molecule has 0 aliphatic carbocycles. The molecule has 1 atom stereocenters. The number of carboxylic acid groups (broad SMARTS) is 1. The van der Waals surface area contributed by atoms with Crippen molar-refractivity contribution in [2.24, 2.45) is 5.92 Å². The van der Waals surface area contributed by atoms with Gasteiger partial charge in [-0.25, -0.2) is 0 Å². The summed E-state index contributed by atoms with van der Waals surface area (Å²) in [4.78, 5) is 21.7. The summed E-state index contributed by atoms with van der Waals surface area (Å²) in [5, 5.41) is 8.36. The number of carbonyl (C=O) groups is 2. The van der Waals surface area contributed by atoms with Crippen LogP contribution in [-0.2, 0) is 9.59 Å². The zero-order valence-corrected chi connectivity index (χ0v) is 6.78. The van der Waals surface area contributed by atoms with Crippen LogP contribution >= 0.6 is 0 Å². The van der Waals surface area contributed by atoms with E-state index in [0.29, 0.717) is 13.0 Å². The maximum atomic E-state index is 10.2. The largest absolute Gasteiger partial charge is 0.481 e. The molecule has 0 saturated carbocycles. The molecule has 0 aliphatic heterocycles. The molecule has 1 unspecified atom stereocenters. The van der Waals surface area contributed by atoms with E-state index in [4.69, 9.17) is 5.11 Å². The number of hydrogen-bond acceptors (Lipinski definition) is 2. The zero-order chi connectivity index (χ0) is 8.85. The van der Waals surface area contributed by atoms with Crippen molar-refractivity contribution >= 4 is 12.4 Å². The Morgan fingerprint density at radius 2 is 2.27 bits per heavy atom. The van der Waals surface area contributed by atoms with Gasteiger partial charge in [0, 0.05) is 20.0 Å². The highest BCUT2D eigenvalue weighted by molar-refractivity contribution is 5.67. The van der Waals surface area contributed by atoms with Crippen LogP contribution < -0.4 is 0 Å². The Labute approximate surface area is 65.8 Å². The number of amides is 1. The second kappa shape index (κ2) is 4.71. The smallest absolute Gasteiger partial charge is 0.303 e. The summed E-state index contributed by atoms with van der Waals surface area (Å²) < 4.78 is 0. The Morgan fingerprint density at radius 3 is 2.64 bits per heavy atom. The summed E-state index contributed by atoms with van der Waals surface area (Å²) in [6.07, 6.45) is 0.802. The first-order chi connectivity index (χ1) is 5.06.